The molecule has 4 rings (SSSR count). The zero-order chi connectivity index (χ0) is 19.5. The highest BCUT2D eigenvalue weighted by Gasteiger charge is 2.14. The monoisotopic (exact) mass is 367 g/mol. The second kappa shape index (κ2) is 8.06. The Kier molecular flexibility index (Phi) is 5.34. The minimum Gasteiger partial charge on any atom is -0.344 e. The maximum atomic E-state index is 2.35. The van der Waals surface area contributed by atoms with Gasteiger partial charge in [-0.2, -0.15) is 0 Å². The van der Waals surface area contributed by atoms with Crippen molar-refractivity contribution < 1.29 is 0 Å². The van der Waals surface area contributed by atoms with Gasteiger partial charge in [0.25, 0.3) is 0 Å². The summed E-state index contributed by atoms with van der Waals surface area (Å²) in [4.78, 5) is 2.35. The third kappa shape index (κ3) is 3.75. The van der Waals surface area contributed by atoms with E-state index in [-0.39, 0.29) is 0 Å². The number of anilines is 2. The molecule has 0 amide bonds. The van der Waals surface area contributed by atoms with Crippen LogP contribution in [0.15, 0.2) is 72.9 Å². The first kappa shape index (κ1) is 18.6. The van der Waals surface area contributed by atoms with Gasteiger partial charge in [-0.15, -0.1) is 0 Å². The lowest BCUT2D eigenvalue weighted by Crippen LogP contribution is -2.13. The molecule has 0 aliphatic heterocycles. The second-order valence-electron chi connectivity index (χ2n) is 7.86. The highest BCUT2D eigenvalue weighted by Crippen LogP contribution is 2.35. The van der Waals surface area contributed by atoms with E-state index in [0.29, 0.717) is 0 Å². The van der Waals surface area contributed by atoms with Crippen molar-refractivity contribution in [3.8, 4) is 0 Å². The third-order valence-electron chi connectivity index (χ3n) is 5.85. The summed E-state index contributed by atoms with van der Waals surface area (Å²) in [6.07, 6.45) is 18.1. The molecule has 0 fully saturated rings. The summed E-state index contributed by atoms with van der Waals surface area (Å²) in [5.74, 6) is 0. The van der Waals surface area contributed by atoms with Crippen LogP contribution in [-0.2, 0) is 0 Å². The maximum Gasteiger partial charge on any atom is 0.0444 e. The maximum absolute atomic E-state index is 2.35. The molecule has 0 unspecified atom stereocenters. The molecule has 0 heterocycles. The number of hydrogen-bond acceptors (Lipinski definition) is 1. The Labute approximate surface area is 169 Å². The second-order valence-corrected chi connectivity index (χ2v) is 7.86. The van der Waals surface area contributed by atoms with Gasteiger partial charge in [0.05, 0.1) is 0 Å². The molecule has 0 aromatic heterocycles. The Morgan fingerprint density at radius 2 is 1.50 bits per heavy atom. The molecule has 1 heteroatoms. The van der Waals surface area contributed by atoms with Crippen molar-refractivity contribution in [2.75, 3.05) is 11.9 Å². The van der Waals surface area contributed by atoms with E-state index in [4.69, 9.17) is 0 Å². The van der Waals surface area contributed by atoms with E-state index in [9.17, 15) is 0 Å². The van der Waals surface area contributed by atoms with Gasteiger partial charge in [0.15, 0.2) is 0 Å². The molecular weight excluding hydrogens is 338 g/mol. The van der Waals surface area contributed by atoms with Crippen molar-refractivity contribution in [1.29, 1.82) is 0 Å². The molecule has 0 saturated carbocycles. The standard InChI is InChI=1S/C27H29N/c1-20-14-16-24(22-10-6-4-7-11-22)18-26(20)28(3)27-19-25(17-15-21(27)2)23-12-8-5-9-13-23/h4,6,8,10,12-19H,5,7,9,11H2,1-3H3. The smallest absolute Gasteiger partial charge is 0.0444 e. The number of allylic oxidation sites excluding steroid dienone is 8. The molecule has 0 bridgehead atoms. The number of nitrogens with zero attached hydrogens (tertiary/aromatic N) is 1. The molecular formula is C27H29N. The van der Waals surface area contributed by atoms with Crippen molar-refractivity contribution in [2.24, 2.45) is 0 Å². The molecule has 0 radical (unpaired) electrons. The van der Waals surface area contributed by atoms with Crippen LogP contribution < -0.4 is 4.90 Å². The average molecular weight is 368 g/mol. The summed E-state index contributed by atoms with van der Waals surface area (Å²) >= 11 is 0. The molecule has 0 spiro atoms. The minimum absolute atomic E-state index is 1.12. The van der Waals surface area contributed by atoms with Gasteiger partial charge in [-0.25, -0.2) is 0 Å². The molecule has 0 saturated heterocycles. The van der Waals surface area contributed by atoms with Gasteiger partial charge in [-0.1, -0.05) is 60.7 Å². The van der Waals surface area contributed by atoms with Gasteiger partial charge >= 0.3 is 0 Å². The molecule has 142 valence electrons. The van der Waals surface area contributed by atoms with E-state index in [1.807, 2.05) is 0 Å². The molecule has 1 nitrogen and oxygen atoms in total. The number of rotatable bonds is 4. The fourth-order valence-electron chi connectivity index (χ4n) is 4.12. The van der Waals surface area contributed by atoms with Gasteiger partial charge in [-0.3, -0.25) is 0 Å². The molecule has 2 aliphatic carbocycles. The summed E-state index contributed by atoms with van der Waals surface area (Å²) < 4.78 is 0. The van der Waals surface area contributed by atoms with Crippen molar-refractivity contribution in [3.63, 3.8) is 0 Å². The van der Waals surface area contributed by atoms with Crippen LogP contribution in [0.25, 0.3) is 11.1 Å². The fourth-order valence-corrected chi connectivity index (χ4v) is 4.12. The van der Waals surface area contributed by atoms with Crippen molar-refractivity contribution in [3.05, 3.63) is 95.1 Å². The van der Waals surface area contributed by atoms with Crippen molar-refractivity contribution >= 4 is 22.5 Å². The van der Waals surface area contributed by atoms with Gasteiger partial charge in [0, 0.05) is 18.4 Å². The summed E-state index contributed by atoms with van der Waals surface area (Å²) in [6.45, 7) is 4.41. The minimum atomic E-state index is 1.12. The molecule has 0 N–H and O–H groups in total. The molecule has 2 aliphatic rings. The lowest BCUT2D eigenvalue weighted by Gasteiger charge is -2.25. The Morgan fingerprint density at radius 3 is 2.14 bits per heavy atom. The van der Waals surface area contributed by atoms with Crippen molar-refractivity contribution in [1.82, 2.24) is 0 Å². The SMILES string of the molecule is Cc1ccc(C2=CCCC=C2)cc1N(C)c1cc(C2=CC=CCC2)ccc1C. The third-order valence-corrected chi connectivity index (χ3v) is 5.85. The van der Waals surface area contributed by atoms with Crippen LogP contribution in [0.4, 0.5) is 11.4 Å². The Bertz CT molecular complexity index is 1000. The van der Waals surface area contributed by atoms with Crippen molar-refractivity contribution in [2.45, 2.75) is 39.5 Å². The highest BCUT2D eigenvalue weighted by atomic mass is 15.1. The van der Waals surface area contributed by atoms with E-state index in [0.717, 1.165) is 25.7 Å². The predicted octanol–water partition coefficient (Wildman–Crippen LogP) is 7.54. The topological polar surface area (TPSA) is 3.24 Å². The highest BCUT2D eigenvalue weighted by molar-refractivity contribution is 5.80. The van der Waals surface area contributed by atoms with Gasteiger partial charge < -0.3 is 4.90 Å². The average Bonchev–Trinajstić information content (AvgIpc) is 2.75. The van der Waals surface area contributed by atoms with E-state index in [1.54, 1.807) is 0 Å². The number of aryl methyl sites for hydroxylation is 2. The van der Waals surface area contributed by atoms with Crippen LogP contribution in [0, 0.1) is 13.8 Å². The fraction of sp³-hybridized carbons (Fsp3) is 0.259. The van der Waals surface area contributed by atoms with Crippen LogP contribution in [0.3, 0.4) is 0 Å². The van der Waals surface area contributed by atoms with Crippen LogP contribution in [0.1, 0.15) is 47.9 Å². The van der Waals surface area contributed by atoms with E-state index >= 15 is 0 Å². The van der Waals surface area contributed by atoms with Crippen LogP contribution >= 0.6 is 0 Å². The first-order chi connectivity index (χ1) is 13.6. The molecule has 2 aromatic rings. The Morgan fingerprint density at radius 1 is 0.786 bits per heavy atom. The Balaban J connectivity index is 1.72. The van der Waals surface area contributed by atoms with E-state index in [1.165, 1.54) is 44.8 Å². The van der Waals surface area contributed by atoms with E-state index < -0.39 is 0 Å². The molecule has 0 atom stereocenters. The van der Waals surface area contributed by atoms with Gasteiger partial charge in [-0.05, 0) is 85.1 Å². The molecule has 28 heavy (non-hydrogen) atoms. The quantitative estimate of drug-likeness (QED) is 0.539. The largest absolute Gasteiger partial charge is 0.344 e. The summed E-state index contributed by atoms with van der Waals surface area (Å²) in [6, 6.07) is 13.7. The first-order valence-corrected chi connectivity index (χ1v) is 10.3. The van der Waals surface area contributed by atoms with Crippen LogP contribution in [0.2, 0.25) is 0 Å². The van der Waals surface area contributed by atoms with Gasteiger partial charge in [0.1, 0.15) is 0 Å². The zero-order valence-electron chi connectivity index (χ0n) is 17.2. The number of hydrogen-bond donors (Lipinski definition) is 0. The first-order valence-electron chi connectivity index (χ1n) is 10.3. The zero-order valence-corrected chi connectivity index (χ0v) is 17.2. The van der Waals surface area contributed by atoms with Crippen LogP contribution in [0.5, 0.6) is 0 Å². The lowest BCUT2D eigenvalue weighted by molar-refractivity contribution is 1.04. The number of benzene rings is 2. The predicted molar refractivity (Wildman–Crippen MR) is 123 cm³/mol. The molecule has 2 aromatic carbocycles. The van der Waals surface area contributed by atoms with Gasteiger partial charge in [0.2, 0.25) is 0 Å². The lowest BCUT2D eigenvalue weighted by atomic mass is 9.95. The summed E-state index contributed by atoms with van der Waals surface area (Å²) in [5.41, 5.74) is 10.6. The van der Waals surface area contributed by atoms with E-state index in [2.05, 4.69) is 98.6 Å². The van der Waals surface area contributed by atoms with Crippen LogP contribution in [-0.4, -0.2) is 7.05 Å². The Hall–Kier alpha value is -2.80. The normalized spacial score (nSPS) is 16.0. The summed E-state index contributed by atoms with van der Waals surface area (Å²) in [5, 5.41) is 0. The summed E-state index contributed by atoms with van der Waals surface area (Å²) in [7, 11) is 2.19.